The van der Waals surface area contributed by atoms with Gasteiger partial charge in [0, 0.05) is 11.5 Å². The van der Waals surface area contributed by atoms with Crippen molar-refractivity contribution < 1.29 is 4.79 Å². The van der Waals surface area contributed by atoms with Crippen LogP contribution in [-0.2, 0) is 0 Å². The van der Waals surface area contributed by atoms with E-state index in [9.17, 15) is 4.79 Å². The molecule has 4 aromatic rings. The topological polar surface area (TPSA) is 64.7 Å². The maximum Gasteiger partial charge on any atom is 0.266 e. The molecule has 0 radical (unpaired) electrons. The van der Waals surface area contributed by atoms with Crippen molar-refractivity contribution in [1.82, 2.24) is 19.6 Å². The smallest absolute Gasteiger partial charge is 0.266 e. The average molecular weight is 426 g/mol. The molecule has 1 fully saturated rings. The monoisotopic (exact) mass is 425 g/mol. The van der Waals surface area contributed by atoms with Crippen molar-refractivity contribution in [3.63, 3.8) is 0 Å². The van der Waals surface area contributed by atoms with Crippen molar-refractivity contribution in [1.29, 1.82) is 0 Å². The van der Waals surface area contributed by atoms with Crippen molar-refractivity contribution in [2.24, 2.45) is 5.92 Å². The molecule has 3 heterocycles. The molecule has 0 spiro atoms. The Kier molecular flexibility index (Phi) is 4.44. The van der Waals surface area contributed by atoms with Gasteiger partial charge in [0.15, 0.2) is 0 Å². The molecule has 0 bridgehead atoms. The quantitative estimate of drug-likeness (QED) is 0.461. The van der Waals surface area contributed by atoms with Crippen LogP contribution in [0.25, 0.3) is 15.9 Å². The zero-order valence-corrected chi connectivity index (χ0v) is 17.7. The Morgan fingerprint density at radius 3 is 2.86 bits per heavy atom. The average Bonchev–Trinajstić information content (AvgIpc) is 3.17. The Morgan fingerprint density at radius 1 is 1.31 bits per heavy atom. The Balaban J connectivity index is 1.47. The summed E-state index contributed by atoms with van der Waals surface area (Å²) in [5.41, 5.74) is 1.67. The molecule has 1 atom stereocenters. The summed E-state index contributed by atoms with van der Waals surface area (Å²) in [6.45, 7) is 4.10. The van der Waals surface area contributed by atoms with E-state index in [2.05, 4.69) is 22.4 Å². The van der Waals surface area contributed by atoms with Crippen LogP contribution in [-0.4, -0.2) is 25.5 Å². The van der Waals surface area contributed by atoms with E-state index in [1.54, 1.807) is 6.20 Å². The summed E-state index contributed by atoms with van der Waals surface area (Å²) in [4.78, 5) is 14.5. The largest absolute Gasteiger partial charge is 0.306 e. The summed E-state index contributed by atoms with van der Waals surface area (Å²) in [5.74, 6) is 1.25. The lowest BCUT2D eigenvalue weighted by Gasteiger charge is -2.15. The third-order valence-corrected chi connectivity index (χ3v) is 6.88. The summed E-state index contributed by atoms with van der Waals surface area (Å²) in [6, 6.07) is 11.6. The van der Waals surface area contributed by atoms with Crippen molar-refractivity contribution in [3.05, 3.63) is 58.2 Å². The molecule has 1 amide bonds. The van der Waals surface area contributed by atoms with Crippen LogP contribution in [0.15, 0.2) is 42.6 Å². The molecule has 0 saturated heterocycles. The molecular formula is C21H20ClN5OS. The lowest BCUT2D eigenvalue weighted by atomic mass is 10.2. The predicted molar refractivity (Wildman–Crippen MR) is 116 cm³/mol. The van der Waals surface area contributed by atoms with E-state index in [0.717, 1.165) is 27.4 Å². The Morgan fingerprint density at radius 2 is 2.10 bits per heavy atom. The van der Waals surface area contributed by atoms with Crippen LogP contribution in [0.4, 0.5) is 5.82 Å². The number of anilines is 1. The predicted octanol–water partition coefficient (Wildman–Crippen LogP) is 5.47. The number of aryl methyl sites for hydroxylation is 1. The third-order valence-electron chi connectivity index (χ3n) is 5.45. The number of benzene rings is 1. The molecule has 0 aliphatic heterocycles. The number of nitrogens with one attached hydrogen (secondary N) is 1. The van der Waals surface area contributed by atoms with Crippen LogP contribution in [0.1, 0.15) is 41.2 Å². The minimum atomic E-state index is -0.138. The van der Waals surface area contributed by atoms with Crippen molar-refractivity contribution in [2.45, 2.75) is 32.7 Å². The van der Waals surface area contributed by atoms with Gasteiger partial charge in [0.2, 0.25) is 0 Å². The van der Waals surface area contributed by atoms with Crippen LogP contribution < -0.4 is 5.32 Å². The van der Waals surface area contributed by atoms with Gasteiger partial charge in [-0.15, -0.1) is 11.3 Å². The summed E-state index contributed by atoms with van der Waals surface area (Å²) in [7, 11) is 0. The first-order chi connectivity index (χ1) is 14.0. The first kappa shape index (κ1) is 18.4. The highest BCUT2D eigenvalue weighted by molar-refractivity contribution is 7.20. The van der Waals surface area contributed by atoms with Gasteiger partial charge in [-0.25, -0.2) is 9.36 Å². The van der Waals surface area contributed by atoms with E-state index in [0.29, 0.717) is 21.9 Å². The maximum atomic E-state index is 13.0. The minimum Gasteiger partial charge on any atom is -0.306 e. The van der Waals surface area contributed by atoms with E-state index in [1.807, 2.05) is 52.7 Å². The highest BCUT2D eigenvalue weighted by Crippen LogP contribution is 2.40. The van der Waals surface area contributed by atoms with Gasteiger partial charge in [0.25, 0.3) is 5.91 Å². The van der Waals surface area contributed by atoms with Gasteiger partial charge in [-0.05, 0) is 50.8 Å². The van der Waals surface area contributed by atoms with Crippen LogP contribution in [0.3, 0.4) is 0 Å². The van der Waals surface area contributed by atoms with Gasteiger partial charge in [0.05, 0.1) is 33.5 Å². The van der Waals surface area contributed by atoms with Gasteiger partial charge in [-0.2, -0.15) is 10.2 Å². The van der Waals surface area contributed by atoms with Gasteiger partial charge in [-0.3, -0.25) is 4.79 Å². The number of amides is 1. The van der Waals surface area contributed by atoms with Crippen LogP contribution in [0.2, 0.25) is 5.02 Å². The number of nitrogens with zero attached hydrogens (tertiary/aromatic N) is 4. The molecule has 1 aromatic carbocycles. The van der Waals surface area contributed by atoms with Gasteiger partial charge >= 0.3 is 0 Å². The van der Waals surface area contributed by atoms with Gasteiger partial charge in [0.1, 0.15) is 10.6 Å². The molecule has 148 valence electrons. The van der Waals surface area contributed by atoms with Gasteiger partial charge < -0.3 is 5.32 Å². The number of carbonyl (C=O) groups is 1. The second kappa shape index (κ2) is 7.00. The number of fused-ring (bicyclic) bond motifs is 1. The molecule has 1 N–H and O–H groups in total. The van der Waals surface area contributed by atoms with E-state index < -0.39 is 0 Å². The fourth-order valence-electron chi connectivity index (χ4n) is 3.64. The Hall–Kier alpha value is -2.64. The second-order valence-corrected chi connectivity index (χ2v) is 8.91. The SMILES string of the molecule is Cc1nn(-c2ccccc2Cl)c2sc(C(=O)Nc3ccnn3C(C)C3CC3)cc12. The molecular weight excluding hydrogens is 406 g/mol. The molecule has 3 aromatic heterocycles. The fourth-order valence-corrected chi connectivity index (χ4v) is 4.93. The van der Waals surface area contributed by atoms with E-state index in [-0.39, 0.29) is 5.91 Å². The molecule has 1 aliphatic rings. The summed E-state index contributed by atoms with van der Waals surface area (Å²) < 4.78 is 3.73. The highest BCUT2D eigenvalue weighted by Gasteiger charge is 2.31. The lowest BCUT2D eigenvalue weighted by Crippen LogP contribution is -2.17. The van der Waals surface area contributed by atoms with Gasteiger partial charge in [-0.1, -0.05) is 23.7 Å². The molecule has 6 nitrogen and oxygen atoms in total. The summed E-state index contributed by atoms with van der Waals surface area (Å²) in [6.07, 6.45) is 4.18. The zero-order valence-electron chi connectivity index (χ0n) is 16.1. The molecule has 1 aliphatic carbocycles. The number of rotatable bonds is 5. The Bertz CT molecular complexity index is 1220. The first-order valence-corrected chi connectivity index (χ1v) is 10.8. The highest BCUT2D eigenvalue weighted by atomic mass is 35.5. The normalized spacial score (nSPS) is 15.0. The van der Waals surface area contributed by atoms with Crippen LogP contribution in [0, 0.1) is 12.8 Å². The number of aromatic nitrogens is 4. The number of hydrogen-bond acceptors (Lipinski definition) is 4. The number of hydrogen-bond donors (Lipinski definition) is 1. The van der Waals surface area contributed by atoms with E-state index in [1.165, 1.54) is 24.2 Å². The first-order valence-electron chi connectivity index (χ1n) is 9.62. The number of para-hydroxylation sites is 1. The zero-order chi connectivity index (χ0) is 20.1. The maximum absolute atomic E-state index is 13.0. The molecule has 1 unspecified atom stereocenters. The molecule has 29 heavy (non-hydrogen) atoms. The molecule has 1 saturated carbocycles. The summed E-state index contributed by atoms with van der Waals surface area (Å²) in [5, 5.41) is 13.6. The van der Waals surface area contributed by atoms with E-state index in [4.69, 9.17) is 11.6 Å². The van der Waals surface area contributed by atoms with E-state index >= 15 is 0 Å². The fraction of sp³-hybridized carbons (Fsp3) is 0.286. The minimum absolute atomic E-state index is 0.138. The molecule has 5 rings (SSSR count). The van der Waals surface area contributed by atoms with Crippen molar-refractivity contribution >= 4 is 44.9 Å². The summed E-state index contributed by atoms with van der Waals surface area (Å²) >= 11 is 7.78. The molecule has 8 heteroatoms. The van der Waals surface area contributed by atoms with Crippen molar-refractivity contribution in [3.8, 4) is 5.69 Å². The Labute approximate surface area is 177 Å². The van der Waals surface area contributed by atoms with Crippen molar-refractivity contribution in [2.75, 3.05) is 5.32 Å². The second-order valence-electron chi connectivity index (χ2n) is 7.47. The third kappa shape index (κ3) is 3.24. The lowest BCUT2D eigenvalue weighted by molar-refractivity contribution is 0.102. The number of halogens is 1. The number of thiophene rings is 1. The standard InChI is InChI=1S/C21H20ClN5OS/c1-12-15-11-18(29-21(15)27(25-12)17-6-4-3-5-16(17)22)20(28)24-19-9-10-23-26(19)13(2)14-7-8-14/h3-6,9-11,13-14H,7-8H2,1-2H3,(H,24,28). The van der Waals surface area contributed by atoms with Crippen LogP contribution in [0.5, 0.6) is 0 Å². The number of carbonyl (C=O) groups excluding carboxylic acids is 1. The van der Waals surface area contributed by atoms with Crippen LogP contribution >= 0.6 is 22.9 Å².